The number of carbonyl (C=O) groups excluding carboxylic acids is 3. The lowest BCUT2D eigenvalue weighted by Gasteiger charge is -2.20. The van der Waals surface area contributed by atoms with Gasteiger partial charge in [0, 0.05) is 12.5 Å². The summed E-state index contributed by atoms with van der Waals surface area (Å²) in [4.78, 5) is 34.7. The number of esters is 1. The van der Waals surface area contributed by atoms with Gasteiger partial charge in [-0.25, -0.2) is 0 Å². The molecule has 0 radical (unpaired) electrons. The van der Waals surface area contributed by atoms with Gasteiger partial charge in [-0.05, 0) is 50.9 Å². The van der Waals surface area contributed by atoms with E-state index in [9.17, 15) is 14.4 Å². The Morgan fingerprint density at radius 1 is 1.14 bits per heavy atom. The van der Waals surface area contributed by atoms with Crippen molar-refractivity contribution >= 4 is 17.8 Å². The monoisotopic (exact) mass is 310 g/mol. The highest BCUT2D eigenvalue weighted by molar-refractivity contribution is 5.86. The molecule has 2 amide bonds. The van der Waals surface area contributed by atoms with Gasteiger partial charge in [-0.3, -0.25) is 14.4 Å². The Hall–Kier alpha value is -1.59. The molecule has 2 saturated carbocycles. The van der Waals surface area contributed by atoms with E-state index in [1.807, 2.05) is 13.8 Å². The molecular weight excluding hydrogens is 284 g/mol. The molecule has 2 aliphatic rings. The maximum atomic E-state index is 11.8. The van der Waals surface area contributed by atoms with E-state index in [2.05, 4.69) is 10.6 Å². The Morgan fingerprint density at radius 2 is 1.91 bits per heavy atom. The zero-order valence-corrected chi connectivity index (χ0v) is 13.4. The molecule has 0 aromatic carbocycles. The number of hydrogen-bond donors (Lipinski definition) is 2. The quantitative estimate of drug-likeness (QED) is 0.687. The van der Waals surface area contributed by atoms with Gasteiger partial charge in [-0.15, -0.1) is 0 Å². The van der Waals surface area contributed by atoms with Gasteiger partial charge in [0.25, 0.3) is 5.91 Å². The largest absolute Gasteiger partial charge is 0.456 e. The summed E-state index contributed by atoms with van der Waals surface area (Å²) in [6, 6.07) is 0.0315. The van der Waals surface area contributed by atoms with Crippen molar-refractivity contribution < 1.29 is 19.1 Å². The highest BCUT2D eigenvalue weighted by Crippen LogP contribution is 2.49. The molecule has 0 unspecified atom stereocenters. The van der Waals surface area contributed by atoms with Crippen LogP contribution in [0, 0.1) is 17.8 Å². The van der Waals surface area contributed by atoms with Crippen molar-refractivity contribution in [2.45, 2.75) is 52.0 Å². The first-order chi connectivity index (χ1) is 10.4. The van der Waals surface area contributed by atoms with Gasteiger partial charge < -0.3 is 15.4 Å². The number of hydrogen-bond acceptors (Lipinski definition) is 4. The lowest BCUT2D eigenvalue weighted by molar-refractivity contribution is -0.149. The van der Waals surface area contributed by atoms with Crippen LogP contribution in [-0.2, 0) is 19.1 Å². The summed E-state index contributed by atoms with van der Waals surface area (Å²) in [7, 11) is 0. The number of rotatable bonds is 7. The molecule has 0 aromatic heterocycles. The second-order valence-corrected chi connectivity index (χ2v) is 6.80. The molecular formula is C16H26N2O4. The van der Waals surface area contributed by atoms with E-state index in [0.29, 0.717) is 18.3 Å². The average Bonchev–Trinajstić information content (AvgIpc) is 3.04. The first-order valence-corrected chi connectivity index (χ1v) is 8.15. The predicted octanol–water partition coefficient (Wildman–Crippen LogP) is 0.997. The van der Waals surface area contributed by atoms with Crippen LogP contribution in [0.5, 0.6) is 0 Å². The minimum Gasteiger partial charge on any atom is -0.456 e. The summed E-state index contributed by atoms with van der Waals surface area (Å²) in [6.45, 7) is 3.28. The normalized spacial score (nSPS) is 26.0. The Bertz CT molecular complexity index is 436. The second kappa shape index (κ2) is 7.61. The van der Waals surface area contributed by atoms with Crippen LogP contribution >= 0.6 is 0 Å². The smallest absolute Gasteiger partial charge is 0.306 e. The summed E-state index contributed by atoms with van der Waals surface area (Å²) >= 11 is 0. The van der Waals surface area contributed by atoms with Gasteiger partial charge in [0.2, 0.25) is 5.91 Å². The standard InChI is InChI=1S/C16H26N2O4/c1-10(2)18-14(19)8-17-15(20)9-22-16(21)7-13-6-11-3-4-12(13)5-11/h10-13H,3-9H2,1-2H3,(H,17,20)(H,18,19)/t11-,12+,13+/m0/s1. The van der Waals surface area contributed by atoms with Crippen molar-refractivity contribution in [2.75, 3.05) is 13.2 Å². The molecule has 2 bridgehead atoms. The maximum absolute atomic E-state index is 11.8. The topological polar surface area (TPSA) is 84.5 Å². The van der Waals surface area contributed by atoms with Crippen molar-refractivity contribution in [2.24, 2.45) is 17.8 Å². The zero-order valence-electron chi connectivity index (χ0n) is 13.4. The van der Waals surface area contributed by atoms with Crippen molar-refractivity contribution in [3.63, 3.8) is 0 Å². The van der Waals surface area contributed by atoms with E-state index in [-0.39, 0.29) is 31.1 Å². The Labute approximate surface area is 131 Å². The van der Waals surface area contributed by atoms with E-state index >= 15 is 0 Å². The first-order valence-electron chi connectivity index (χ1n) is 8.15. The third-order valence-corrected chi connectivity index (χ3v) is 4.57. The molecule has 0 aromatic rings. The fourth-order valence-electron chi connectivity index (χ4n) is 3.65. The molecule has 3 atom stereocenters. The van der Waals surface area contributed by atoms with Gasteiger partial charge in [0.1, 0.15) is 0 Å². The van der Waals surface area contributed by atoms with Gasteiger partial charge in [0.05, 0.1) is 6.54 Å². The van der Waals surface area contributed by atoms with E-state index in [1.165, 1.54) is 19.3 Å². The lowest BCUT2D eigenvalue weighted by Crippen LogP contribution is -2.41. The minimum absolute atomic E-state index is 0.0315. The van der Waals surface area contributed by atoms with Crippen LogP contribution in [0.25, 0.3) is 0 Å². The van der Waals surface area contributed by atoms with Crippen molar-refractivity contribution in [1.82, 2.24) is 10.6 Å². The predicted molar refractivity (Wildman–Crippen MR) is 80.8 cm³/mol. The Kier molecular flexibility index (Phi) is 5.80. The summed E-state index contributed by atoms with van der Waals surface area (Å²) < 4.78 is 5.00. The van der Waals surface area contributed by atoms with Crippen LogP contribution in [0.4, 0.5) is 0 Å². The molecule has 22 heavy (non-hydrogen) atoms. The molecule has 124 valence electrons. The number of fused-ring (bicyclic) bond motifs is 2. The van der Waals surface area contributed by atoms with E-state index in [0.717, 1.165) is 12.3 Å². The van der Waals surface area contributed by atoms with E-state index in [1.54, 1.807) is 0 Å². The molecule has 6 heteroatoms. The molecule has 0 aliphatic heterocycles. The fraction of sp³-hybridized carbons (Fsp3) is 0.812. The summed E-state index contributed by atoms with van der Waals surface area (Å²) in [5.41, 5.74) is 0. The summed E-state index contributed by atoms with van der Waals surface area (Å²) in [6.07, 6.45) is 5.33. The Morgan fingerprint density at radius 3 is 2.50 bits per heavy atom. The van der Waals surface area contributed by atoms with Crippen LogP contribution in [-0.4, -0.2) is 37.0 Å². The van der Waals surface area contributed by atoms with Crippen LogP contribution in [0.3, 0.4) is 0 Å². The maximum Gasteiger partial charge on any atom is 0.306 e. The van der Waals surface area contributed by atoms with Gasteiger partial charge in [-0.2, -0.15) is 0 Å². The van der Waals surface area contributed by atoms with Crippen LogP contribution in [0.2, 0.25) is 0 Å². The third-order valence-electron chi connectivity index (χ3n) is 4.57. The minimum atomic E-state index is -0.444. The number of amides is 2. The molecule has 2 N–H and O–H groups in total. The molecule has 2 rings (SSSR count). The lowest BCUT2D eigenvalue weighted by atomic mass is 9.86. The molecule has 0 saturated heterocycles. The van der Waals surface area contributed by atoms with Crippen LogP contribution in [0.15, 0.2) is 0 Å². The summed E-state index contributed by atoms with van der Waals surface area (Å²) in [5, 5.41) is 5.10. The van der Waals surface area contributed by atoms with Gasteiger partial charge in [-0.1, -0.05) is 6.42 Å². The number of carbonyl (C=O) groups is 3. The average molecular weight is 310 g/mol. The molecule has 2 fully saturated rings. The van der Waals surface area contributed by atoms with Crippen molar-refractivity contribution in [3.8, 4) is 0 Å². The molecule has 0 spiro atoms. The first kappa shape index (κ1) is 16.8. The number of ether oxygens (including phenoxy) is 1. The Balaban J connectivity index is 1.58. The highest BCUT2D eigenvalue weighted by atomic mass is 16.5. The van der Waals surface area contributed by atoms with Crippen LogP contribution in [0.1, 0.15) is 46.0 Å². The SMILES string of the molecule is CC(C)NC(=O)CNC(=O)COC(=O)C[C@H]1C[C@H]2CC[C@@H]1C2. The molecule has 6 nitrogen and oxygen atoms in total. The highest BCUT2D eigenvalue weighted by Gasteiger charge is 2.40. The number of nitrogens with one attached hydrogen (secondary N) is 2. The van der Waals surface area contributed by atoms with Crippen LogP contribution < -0.4 is 10.6 Å². The summed E-state index contributed by atoms with van der Waals surface area (Å²) in [5.74, 6) is 0.902. The van der Waals surface area contributed by atoms with Gasteiger partial charge >= 0.3 is 5.97 Å². The zero-order chi connectivity index (χ0) is 16.1. The molecule has 0 heterocycles. The van der Waals surface area contributed by atoms with Crippen molar-refractivity contribution in [3.05, 3.63) is 0 Å². The van der Waals surface area contributed by atoms with E-state index < -0.39 is 5.91 Å². The van der Waals surface area contributed by atoms with Gasteiger partial charge in [0.15, 0.2) is 6.61 Å². The third kappa shape index (κ3) is 5.00. The molecule has 2 aliphatic carbocycles. The second-order valence-electron chi connectivity index (χ2n) is 6.80. The van der Waals surface area contributed by atoms with E-state index in [4.69, 9.17) is 4.74 Å². The van der Waals surface area contributed by atoms with Crippen molar-refractivity contribution in [1.29, 1.82) is 0 Å². The fourth-order valence-corrected chi connectivity index (χ4v) is 3.65.